The van der Waals surface area contributed by atoms with Crippen LogP contribution in [0.1, 0.15) is 31.7 Å². The minimum Gasteiger partial charge on any atom is -0.488 e. The quantitative estimate of drug-likeness (QED) is 0.892. The molecule has 1 aromatic rings. The largest absolute Gasteiger partial charge is 0.488 e. The minimum absolute atomic E-state index is 0.306. The number of benzene rings is 1. The van der Waals surface area contributed by atoms with Crippen molar-refractivity contribution < 1.29 is 4.74 Å². The first-order chi connectivity index (χ1) is 9.83. The van der Waals surface area contributed by atoms with E-state index in [1.54, 1.807) is 0 Å². The van der Waals surface area contributed by atoms with E-state index in [-0.39, 0.29) is 0 Å². The maximum atomic E-state index is 5.96. The molecule has 0 aliphatic carbocycles. The summed E-state index contributed by atoms with van der Waals surface area (Å²) in [4.78, 5) is 2.61. The van der Waals surface area contributed by atoms with Gasteiger partial charge in [-0.2, -0.15) is 0 Å². The highest BCUT2D eigenvalue weighted by Crippen LogP contribution is 2.27. The van der Waals surface area contributed by atoms with E-state index in [0.29, 0.717) is 12.1 Å². The van der Waals surface area contributed by atoms with Crippen molar-refractivity contribution in [2.45, 2.75) is 44.8 Å². The van der Waals surface area contributed by atoms with Crippen LogP contribution in [0.5, 0.6) is 5.75 Å². The molecule has 3 heteroatoms. The number of fused-ring (bicyclic) bond motifs is 1. The lowest BCUT2D eigenvalue weighted by molar-refractivity contribution is 0.164. The Morgan fingerprint density at radius 3 is 2.85 bits per heavy atom. The summed E-state index contributed by atoms with van der Waals surface area (Å²) < 4.78 is 5.96. The van der Waals surface area contributed by atoms with Crippen molar-refractivity contribution in [3.05, 3.63) is 29.8 Å². The molecule has 0 bridgehead atoms. The summed E-state index contributed by atoms with van der Waals surface area (Å²) in [5, 5.41) is 3.59. The van der Waals surface area contributed by atoms with Crippen molar-refractivity contribution in [3.8, 4) is 5.75 Å². The predicted molar refractivity (Wildman–Crippen MR) is 82.3 cm³/mol. The van der Waals surface area contributed by atoms with Gasteiger partial charge in [0.05, 0.1) is 0 Å². The fourth-order valence-corrected chi connectivity index (χ4v) is 3.31. The molecule has 0 spiro atoms. The van der Waals surface area contributed by atoms with Crippen LogP contribution in [0.4, 0.5) is 0 Å². The van der Waals surface area contributed by atoms with Gasteiger partial charge in [0.15, 0.2) is 0 Å². The molecule has 0 radical (unpaired) electrons. The predicted octanol–water partition coefficient (Wildman–Crippen LogP) is 2.45. The van der Waals surface area contributed by atoms with Crippen LogP contribution in [0.25, 0.3) is 0 Å². The van der Waals surface area contributed by atoms with E-state index < -0.39 is 0 Å². The molecule has 20 heavy (non-hydrogen) atoms. The first-order valence-electron chi connectivity index (χ1n) is 8.02. The number of piperidine rings is 1. The molecule has 1 fully saturated rings. The van der Waals surface area contributed by atoms with Crippen LogP contribution in [0.15, 0.2) is 24.3 Å². The smallest absolute Gasteiger partial charge is 0.123 e. The average Bonchev–Trinajstić information content (AvgIpc) is 2.90. The van der Waals surface area contributed by atoms with E-state index >= 15 is 0 Å². The summed E-state index contributed by atoms with van der Waals surface area (Å²) in [6, 6.07) is 9.03. The van der Waals surface area contributed by atoms with Crippen LogP contribution >= 0.6 is 0 Å². The highest BCUT2D eigenvalue weighted by molar-refractivity contribution is 5.37. The first-order valence-corrected chi connectivity index (χ1v) is 8.02. The van der Waals surface area contributed by atoms with Gasteiger partial charge in [-0.25, -0.2) is 0 Å². The average molecular weight is 274 g/mol. The highest BCUT2D eigenvalue weighted by Gasteiger charge is 2.22. The zero-order chi connectivity index (χ0) is 13.8. The number of rotatable bonds is 5. The molecule has 3 rings (SSSR count). The van der Waals surface area contributed by atoms with Gasteiger partial charge in [-0.3, -0.25) is 4.90 Å². The SMILES string of the molecule is CC(CNCC1Cc2ccccc2O1)N1CCCCC1. The van der Waals surface area contributed by atoms with Crippen LogP contribution in [0.2, 0.25) is 0 Å². The number of nitrogens with zero attached hydrogens (tertiary/aromatic N) is 1. The third-order valence-electron chi connectivity index (χ3n) is 4.54. The van der Waals surface area contributed by atoms with Gasteiger partial charge in [0, 0.05) is 25.6 Å². The van der Waals surface area contributed by atoms with Gasteiger partial charge in [0.25, 0.3) is 0 Å². The van der Waals surface area contributed by atoms with Crippen LogP contribution in [0.3, 0.4) is 0 Å². The van der Waals surface area contributed by atoms with Crippen LogP contribution in [0, 0.1) is 0 Å². The maximum absolute atomic E-state index is 5.96. The Hall–Kier alpha value is -1.06. The fraction of sp³-hybridized carbons (Fsp3) is 0.647. The van der Waals surface area contributed by atoms with Gasteiger partial charge >= 0.3 is 0 Å². The number of nitrogens with one attached hydrogen (secondary N) is 1. The fourth-order valence-electron chi connectivity index (χ4n) is 3.31. The molecule has 0 saturated carbocycles. The number of ether oxygens (including phenoxy) is 1. The summed E-state index contributed by atoms with van der Waals surface area (Å²) in [6.45, 7) is 6.90. The first kappa shape index (κ1) is 13.9. The summed E-state index contributed by atoms with van der Waals surface area (Å²) in [7, 11) is 0. The second-order valence-corrected chi connectivity index (χ2v) is 6.16. The standard InChI is InChI=1S/C17H26N2O/c1-14(19-9-5-2-6-10-19)12-18-13-16-11-15-7-3-4-8-17(15)20-16/h3-4,7-8,14,16,18H,2,5-6,9-13H2,1H3. The zero-order valence-electron chi connectivity index (χ0n) is 12.5. The van der Waals surface area contributed by atoms with Crippen molar-refractivity contribution >= 4 is 0 Å². The molecule has 1 N–H and O–H groups in total. The normalized spacial score (nSPS) is 24.1. The molecule has 110 valence electrons. The zero-order valence-corrected chi connectivity index (χ0v) is 12.5. The van der Waals surface area contributed by atoms with Gasteiger partial charge in [0.2, 0.25) is 0 Å². The van der Waals surface area contributed by atoms with Crippen molar-refractivity contribution in [2.24, 2.45) is 0 Å². The number of hydrogen-bond donors (Lipinski definition) is 1. The molecule has 0 amide bonds. The van der Waals surface area contributed by atoms with E-state index in [9.17, 15) is 0 Å². The van der Waals surface area contributed by atoms with E-state index in [2.05, 4.69) is 35.3 Å². The lowest BCUT2D eigenvalue weighted by Crippen LogP contribution is -2.44. The topological polar surface area (TPSA) is 24.5 Å². The summed E-state index contributed by atoms with van der Waals surface area (Å²) in [5.41, 5.74) is 1.35. The molecule has 2 aliphatic rings. The van der Waals surface area contributed by atoms with Crippen molar-refractivity contribution in [1.82, 2.24) is 10.2 Å². The molecule has 2 aliphatic heterocycles. The third-order valence-corrected chi connectivity index (χ3v) is 4.54. The van der Waals surface area contributed by atoms with E-state index in [1.165, 1.54) is 37.9 Å². The van der Waals surface area contributed by atoms with E-state index in [0.717, 1.165) is 25.3 Å². The van der Waals surface area contributed by atoms with Gasteiger partial charge in [-0.1, -0.05) is 24.6 Å². The number of para-hydroxylation sites is 1. The Morgan fingerprint density at radius 2 is 2.05 bits per heavy atom. The number of likely N-dealkylation sites (tertiary alicyclic amines) is 1. The monoisotopic (exact) mass is 274 g/mol. The minimum atomic E-state index is 0.306. The summed E-state index contributed by atoms with van der Waals surface area (Å²) in [6.07, 6.45) is 5.49. The molecule has 3 nitrogen and oxygen atoms in total. The molecule has 2 heterocycles. The third kappa shape index (κ3) is 3.33. The Labute approximate surface area is 122 Å². The molecule has 1 saturated heterocycles. The van der Waals surface area contributed by atoms with E-state index in [1.807, 2.05) is 6.07 Å². The van der Waals surface area contributed by atoms with Crippen molar-refractivity contribution in [1.29, 1.82) is 0 Å². The Bertz CT molecular complexity index is 404. The van der Waals surface area contributed by atoms with Crippen LogP contribution < -0.4 is 10.1 Å². The summed E-state index contributed by atoms with van der Waals surface area (Å²) >= 11 is 0. The summed E-state index contributed by atoms with van der Waals surface area (Å²) in [5.74, 6) is 1.07. The van der Waals surface area contributed by atoms with Gasteiger partial charge in [-0.15, -0.1) is 0 Å². The van der Waals surface area contributed by atoms with Crippen LogP contribution in [-0.2, 0) is 6.42 Å². The highest BCUT2D eigenvalue weighted by atomic mass is 16.5. The lowest BCUT2D eigenvalue weighted by Gasteiger charge is -2.32. The Balaban J connectivity index is 1.38. The molecule has 0 aromatic heterocycles. The van der Waals surface area contributed by atoms with Crippen molar-refractivity contribution in [2.75, 3.05) is 26.2 Å². The Morgan fingerprint density at radius 1 is 1.25 bits per heavy atom. The second-order valence-electron chi connectivity index (χ2n) is 6.16. The molecular formula is C17H26N2O. The number of hydrogen-bond acceptors (Lipinski definition) is 3. The second kappa shape index (κ2) is 6.59. The Kier molecular flexibility index (Phi) is 4.58. The lowest BCUT2D eigenvalue weighted by atomic mass is 10.1. The van der Waals surface area contributed by atoms with Gasteiger partial charge in [0.1, 0.15) is 11.9 Å². The molecule has 2 unspecified atom stereocenters. The van der Waals surface area contributed by atoms with E-state index in [4.69, 9.17) is 4.74 Å². The van der Waals surface area contributed by atoms with Crippen molar-refractivity contribution in [3.63, 3.8) is 0 Å². The molecule has 1 aromatic carbocycles. The van der Waals surface area contributed by atoms with Crippen LogP contribution in [-0.4, -0.2) is 43.2 Å². The molecule has 2 atom stereocenters. The van der Waals surface area contributed by atoms with Gasteiger partial charge < -0.3 is 10.1 Å². The molecular weight excluding hydrogens is 248 g/mol. The maximum Gasteiger partial charge on any atom is 0.123 e. The van der Waals surface area contributed by atoms with Gasteiger partial charge in [-0.05, 0) is 44.5 Å².